The largest absolute Gasteiger partial charge is 0.349 e. The highest BCUT2D eigenvalue weighted by atomic mass is 35.5. The van der Waals surface area contributed by atoms with Gasteiger partial charge in [0, 0.05) is 23.5 Å². The van der Waals surface area contributed by atoms with E-state index in [1.54, 1.807) is 24.3 Å². The average Bonchev–Trinajstić information content (AvgIpc) is 3.32. The zero-order chi connectivity index (χ0) is 19.7. The maximum atomic E-state index is 14.3. The third kappa shape index (κ3) is 4.75. The number of carbonyl (C=O) groups excluding carboxylic acids is 1. The molecule has 3 aromatic rings. The second-order valence-corrected chi connectivity index (χ2v) is 7.20. The molecule has 1 amide bonds. The van der Waals surface area contributed by atoms with Gasteiger partial charge in [0.05, 0.1) is 5.52 Å². The molecule has 2 heterocycles. The minimum absolute atomic E-state index is 0. The lowest BCUT2D eigenvalue weighted by molar-refractivity contribution is 0.0946. The van der Waals surface area contributed by atoms with Gasteiger partial charge in [-0.1, -0.05) is 24.3 Å². The van der Waals surface area contributed by atoms with Gasteiger partial charge in [0.2, 0.25) is 0 Å². The Kier molecular flexibility index (Phi) is 8.20. The fourth-order valence-corrected chi connectivity index (χ4v) is 3.81. The van der Waals surface area contributed by atoms with Crippen molar-refractivity contribution in [3.05, 3.63) is 59.8 Å². The summed E-state index contributed by atoms with van der Waals surface area (Å²) < 4.78 is 27.6. The number of rotatable bonds is 5. The Balaban J connectivity index is 0.00000160. The predicted molar refractivity (Wildman–Crippen MR) is 119 cm³/mol. The monoisotopic (exact) mass is 456 g/mol. The molecule has 30 heavy (non-hydrogen) atoms. The summed E-state index contributed by atoms with van der Waals surface area (Å²) >= 11 is 0. The van der Waals surface area contributed by atoms with Crippen LogP contribution in [0.5, 0.6) is 0 Å². The van der Waals surface area contributed by atoms with E-state index in [-0.39, 0.29) is 53.8 Å². The first-order chi connectivity index (χ1) is 13.6. The maximum Gasteiger partial charge on any atom is 0.268 e. The van der Waals surface area contributed by atoms with Crippen molar-refractivity contribution in [3.8, 4) is 11.1 Å². The summed E-state index contributed by atoms with van der Waals surface area (Å²) in [4.78, 5) is 15.8. The van der Waals surface area contributed by atoms with Crippen LogP contribution in [-0.2, 0) is 0 Å². The smallest absolute Gasteiger partial charge is 0.268 e. The molecule has 162 valence electrons. The van der Waals surface area contributed by atoms with Crippen LogP contribution >= 0.6 is 24.8 Å². The Bertz CT molecular complexity index is 1010. The fraction of sp³-hybridized carbons (Fsp3) is 0.286. The van der Waals surface area contributed by atoms with E-state index in [9.17, 15) is 13.6 Å². The number of H-pyrrole nitrogens is 1. The number of halogens is 4. The van der Waals surface area contributed by atoms with Crippen molar-refractivity contribution in [2.45, 2.75) is 12.5 Å². The number of carbonyl (C=O) groups is 1. The summed E-state index contributed by atoms with van der Waals surface area (Å²) in [5.74, 6) is -0.725. The van der Waals surface area contributed by atoms with Gasteiger partial charge in [-0.05, 0) is 49.2 Å². The van der Waals surface area contributed by atoms with Crippen molar-refractivity contribution < 1.29 is 13.6 Å². The molecule has 0 bridgehead atoms. The summed E-state index contributed by atoms with van der Waals surface area (Å²) in [6, 6.07) is 10.7. The Labute approximate surface area is 185 Å². The third-order valence-electron chi connectivity index (χ3n) is 5.30. The molecule has 1 fully saturated rings. The Hall–Kier alpha value is -2.19. The average molecular weight is 457 g/mol. The molecule has 4 rings (SSSR count). The normalized spacial score (nSPS) is 18.0. The van der Waals surface area contributed by atoms with Crippen LogP contribution in [0.15, 0.2) is 42.5 Å². The summed E-state index contributed by atoms with van der Waals surface area (Å²) in [5, 5.41) is 6.85. The highest BCUT2D eigenvalue weighted by Crippen LogP contribution is 2.33. The van der Waals surface area contributed by atoms with Crippen LogP contribution in [-0.4, -0.2) is 36.6 Å². The number of hydrogen-bond acceptors (Lipinski definition) is 3. The third-order valence-corrected chi connectivity index (χ3v) is 5.30. The molecule has 9 heteroatoms. The standard InChI is InChI=1S/C21H22F2N4O.2ClH/c22-14-6-4-13(5-7-14)18-16-2-1-3-17(23)19(16)27-20(18)21(28)26-11-15-8-12(9-24)10-25-15;;/h1-7,12,15,25,27H,8-11,24H2,(H,26,28);2*1H/t12-,15+;;/m1../s1. The van der Waals surface area contributed by atoms with E-state index in [2.05, 4.69) is 15.6 Å². The van der Waals surface area contributed by atoms with Crippen molar-refractivity contribution in [1.29, 1.82) is 0 Å². The zero-order valence-electron chi connectivity index (χ0n) is 16.1. The first kappa shape index (κ1) is 24.1. The topological polar surface area (TPSA) is 82.9 Å². The van der Waals surface area contributed by atoms with E-state index in [0.29, 0.717) is 35.5 Å². The first-order valence-electron chi connectivity index (χ1n) is 9.34. The number of nitrogens with two attached hydrogens (primary N) is 1. The van der Waals surface area contributed by atoms with Crippen LogP contribution in [0.1, 0.15) is 16.9 Å². The van der Waals surface area contributed by atoms with E-state index in [4.69, 9.17) is 5.73 Å². The minimum Gasteiger partial charge on any atom is -0.349 e. The highest BCUT2D eigenvalue weighted by molar-refractivity contribution is 6.09. The van der Waals surface area contributed by atoms with Gasteiger partial charge in [-0.3, -0.25) is 4.79 Å². The molecule has 5 N–H and O–H groups in total. The molecule has 0 aliphatic carbocycles. The van der Waals surface area contributed by atoms with Gasteiger partial charge in [0.25, 0.3) is 5.91 Å². The van der Waals surface area contributed by atoms with Crippen LogP contribution in [0.3, 0.4) is 0 Å². The van der Waals surface area contributed by atoms with Crippen molar-refractivity contribution in [1.82, 2.24) is 15.6 Å². The maximum absolute atomic E-state index is 14.3. The molecule has 0 spiro atoms. The number of aromatic amines is 1. The van der Waals surface area contributed by atoms with Gasteiger partial charge in [-0.15, -0.1) is 24.8 Å². The minimum atomic E-state index is -0.442. The van der Waals surface area contributed by atoms with Gasteiger partial charge in [0.15, 0.2) is 0 Å². The predicted octanol–water partition coefficient (Wildman–Crippen LogP) is 3.62. The lowest BCUT2D eigenvalue weighted by atomic mass is 10.0. The van der Waals surface area contributed by atoms with E-state index in [0.717, 1.165) is 13.0 Å². The molecule has 5 nitrogen and oxygen atoms in total. The molecule has 1 aromatic heterocycles. The summed E-state index contributed by atoms with van der Waals surface area (Å²) in [5.41, 5.74) is 7.43. The lowest BCUT2D eigenvalue weighted by Crippen LogP contribution is -2.37. The van der Waals surface area contributed by atoms with Gasteiger partial charge in [-0.25, -0.2) is 8.78 Å². The second-order valence-electron chi connectivity index (χ2n) is 7.20. The number of hydrogen-bond donors (Lipinski definition) is 4. The molecule has 2 aromatic carbocycles. The molecular formula is C21H24Cl2F2N4O. The Morgan fingerprint density at radius 1 is 1.13 bits per heavy atom. The number of aromatic nitrogens is 1. The van der Waals surface area contributed by atoms with Crippen molar-refractivity contribution >= 4 is 41.6 Å². The van der Waals surface area contributed by atoms with E-state index in [1.165, 1.54) is 18.2 Å². The van der Waals surface area contributed by atoms with E-state index < -0.39 is 5.82 Å². The number of para-hydroxylation sites is 1. The van der Waals surface area contributed by atoms with Gasteiger partial charge < -0.3 is 21.4 Å². The number of amides is 1. The van der Waals surface area contributed by atoms with Crippen LogP contribution in [0.4, 0.5) is 8.78 Å². The molecule has 2 atom stereocenters. The van der Waals surface area contributed by atoms with Crippen LogP contribution in [0.2, 0.25) is 0 Å². The second kappa shape index (κ2) is 10.2. The van der Waals surface area contributed by atoms with Crippen LogP contribution in [0.25, 0.3) is 22.0 Å². The Morgan fingerprint density at radius 2 is 1.87 bits per heavy atom. The fourth-order valence-electron chi connectivity index (χ4n) is 3.81. The van der Waals surface area contributed by atoms with Gasteiger partial charge in [-0.2, -0.15) is 0 Å². The molecule has 1 saturated heterocycles. The van der Waals surface area contributed by atoms with Crippen molar-refractivity contribution in [2.75, 3.05) is 19.6 Å². The summed E-state index contributed by atoms with van der Waals surface area (Å²) in [6.45, 7) is 1.92. The molecule has 0 saturated carbocycles. The quantitative estimate of drug-likeness (QED) is 0.473. The summed E-state index contributed by atoms with van der Waals surface area (Å²) in [7, 11) is 0. The molecule has 1 aliphatic heterocycles. The number of nitrogens with one attached hydrogen (secondary N) is 3. The zero-order valence-corrected chi connectivity index (χ0v) is 17.7. The van der Waals surface area contributed by atoms with Crippen molar-refractivity contribution in [2.24, 2.45) is 11.7 Å². The highest BCUT2D eigenvalue weighted by Gasteiger charge is 2.25. The van der Waals surface area contributed by atoms with Crippen LogP contribution in [0, 0.1) is 17.6 Å². The number of fused-ring (bicyclic) bond motifs is 1. The first-order valence-corrected chi connectivity index (χ1v) is 9.34. The molecule has 0 radical (unpaired) electrons. The van der Waals surface area contributed by atoms with Gasteiger partial charge >= 0.3 is 0 Å². The Morgan fingerprint density at radius 3 is 2.53 bits per heavy atom. The summed E-state index contributed by atoms with van der Waals surface area (Å²) in [6.07, 6.45) is 0.906. The lowest BCUT2D eigenvalue weighted by Gasteiger charge is -2.12. The van der Waals surface area contributed by atoms with Gasteiger partial charge in [0.1, 0.15) is 17.3 Å². The molecule has 0 unspecified atom stereocenters. The van der Waals surface area contributed by atoms with E-state index >= 15 is 0 Å². The van der Waals surface area contributed by atoms with Crippen molar-refractivity contribution in [3.63, 3.8) is 0 Å². The number of benzene rings is 2. The SMILES string of the molecule is Cl.Cl.NC[C@@H]1CN[C@H](CNC(=O)c2[nH]c3c(F)cccc3c2-c2ccc(F)cc2)C1. The molecule has 1 aliphatic rings. The van der Waals surface area contributed by atoms with Crippen LogP contribution < -0.4 is 16.4 Å². The molecular weight excluding hydrogens is 433 g/mol. The van der Waals surface area contributed by atoms with E-state index in [1.807, 2.05) is 0 Å².